The molecule has 0 atom stereocenters. The SMILES string of the molecule is C=C(CC)CNCc1ccccc1Br. The maximum atomic E-state index is 3.95. The van der Waals surface area contributed by atoms with Gasteiger partial charge in [0.05, 0.1) is 0 Å². The molecule has 1 nitrogen and oxygen atoms in total. The van der Waals surface area contributed by atoms with Crippen molar-refractivity contribution in [1.82, 2.24) is 5.32 Å². The average molecular weight is 254 g/mol. The van der Waals surface area contributed by atoms with Gasteiger partial charge in [-0.3, -0.25) is 0 Å². The Morgan fingerprint density at radius 2 is 2.14 bits per heavy atom. The highest BCUT2D eigenvalue weighted by Gasteiger charge is 1.97. The van der Waals surface area contributed by atoms with Crippen LogP contribution < -0.4 is 5.32 Å². The molecule has 0 unspecified atom stereocenters. The molecule has 0 aliphatic heterocycles. The molecule has 0 aliphatic carbocycles. The molecule has 0 aromatic heterocycles. The zero-order chi connectivity index (χ0) is 10.4. The van der Waals surface area contributed by atoms with Gasteiger partial charge in [-0.05, 0) is 18.1 Å². The number of halogens is 1. The van der Waals surface area contributed by atoms with Crippen LogP contribution in [0.4, 0.5) is 0 Å². The molecule has 14 heavy (non-hydrogen) atoms. The Balaban J connectivity index is 2.39. The predicted octanol–water partition coefficient (Wildman–Crippen LogP) is 3.50. The molecule has 0 heterocycles. The first-order chi connectivity index (χ1) is 6.74. The van der Waals surface area contributed by atoms with E-state index in [-0.39, 0.29) is 0 Å². The molecule has 1 N–H and O–H groups in total. The van der Waals surface area contributed by atoms with E-state index in [4.69, 9.17) is 0 Å². The standard InChI is InChI=1S/C12H16BrN/c1-3-10(2)8-14-9-11-6-4-5-7-12(11)13/h4-7,14H,2-3,8-9H2,1H3. The van der Waals surface area contributed by atoms with E-state index in [0.29, 0.717) is 0 Å². The van der Waals surface area contributed by atoms with Crippen LogP contribution in [0.25, 0.3) is 0 Å². The van der Waals surface area contributed by atoms with Gasteiger partial charge in [-0.25, -0.2) is 0 Å². The lowest BCUT2D eigenvalue weighted by molar-refractivity contribution is 0.725. The van der Waals surface area contributed by atoms with Gasteiger partial charge in [-0.2, -0.15) is 0 Å². The van der Waals surface area contributed by atoms with Gasteiger partial charge in [0, 0.05) is 17.6 Å². The molecule has 0 aliphatic rings. The second kappa shape index (κ2) is 5.99. The van der Waals surface area contributed by atoms with E-state index in [2.05, 4.69) is 52.9 Å². The highest BCUT2D eigenvalue weighted by molar-refractivity contribution is 9.10. The van der Waals surface area contributed by atoms with Crippen LogP contribution in [-0.4, -0.2) is 6.54 Å². The minimum atomic E-state index is 0.889. The first-order valence-corrected chi connectivity index (χ1v) is 5.64. The summed E-state index contributed by atoms with van der Waals surface area (Å²) in [6, 6.07) is 8.26. The van der Waals surface area contributed by atoms with E-state index in [1.54, 1.807) is 0 Å². The van der Waals surface area contributed by atoms with Crippen molar-refractivity contribution >= 4 is 15.9 Å². The highest BCUT2D eigenvalue weighted by atomic mass is 79.9. The summed E-state index contributed by atoms with van der Waals surface area (Å²) >= 11 is 3.52. The minimum Gasteiger partial charge on any atom is -0.309 e. The maximum Gasteiger partial charge on any atom is 0.0220 e. The number of benzene rings is 1. The number of hydrogen-bond donors (Lipinski definition) is 1. The molecule has 0 amide bonds. The molecule has 2 heteroatoms. The Labute approximate surface area is 94.3 Å². The van der Waals surface area contributed by atoms with Crippen molar-refractivity contribution in [2.24, 2.45) is 0 Å². The highest BCUT2D eigenvalue weighted by Crippen LogP contribution is 2.15. The Bertz CT molecular complexity index is 307. The summed E-state index contributed by atoms with van der Waals surface area (Å²) in [6.45, 7) is 7.87. The van der Waals surface area contributed by atoms with Crippen LogP contribution in [0.1, 0.15) is 18.9 Å². The average Bonchev–Trinajstić information content (AvgIpc) is 2.20. The fourth-order valence-electron chi connectivity index (χ4n) is 1.14. The number of rotatable bonds is 5. The summed E-state index contributed by atoms with van der Waals surface area (Å²) in [4.78, 5) is 0. The van der Waals surface area contributed by atoms with Gasteiger partial charge in [0.1, 0.15) is 0 Å². The van der Waals surface area contributed by atoms with Gasteiger partial charge >= 0.3 is 0 Å². The summed E-state index contributed by atoms with van der Waals surface area (Å²) < 4.78 is 1.16. The number of nitrogens with one attached hydrogen (secondary N) is 1. The first kappa shape index (κ1) is 11.5. The van der Waals surface area contributed by atoms with E-state index >= 15 is 0 Å². The minimum absolute atomic E-state index is 0.889. The quantitative estimate of drug-likeness (QED) is 0.793. The summed E-state index contributed by atoms with van der Waals surface area (Å²) in [5.41, 5.74) is 2.54. The summed E-state index contributed by atoms with van der Waals surface area (Å²) in [5.74, 6) is 0. The van der Waals surface area contributed by atoms with Crippen LogP contribution in [0.5, 0.6) is 0 Å². The van der Waals surface area contributed by atoms with Gasteiger partial charge in [-0.15, -0.1) is 0 Å². The van der Waals surface area contributed by atoms with Crippen LogP contribution in [0.15, 0.2) is 40.9 Å². The molecule has 1 rings (SSSR count). The Kier molecular flexibility index (Phi) is 4.91. The largest absolute Gasteiger partial charge is 0.309 e. The summed E-state index contributed by atoms with van der Waals surface area (Å²) in [7, 11) is 0. The lowest BCUT2D eigenvalue weighted by Gasteiger charge is -2.07. The van der Waals surface area contributed by atoms with Crippen molar-refractivity contribution in [2.75, 3.05) is 6.54 Å². The van der Waals surface area contributed by atoms with E-state index in [1.807, 2.05) is 6.07 Å². The third-order valence-electron chi connectivity index (χ3n) is 2.15. The molecule has 76 valence electrons. The third-order valence-corrected chi connectivity index (χ3v) is 2.92. The van der Waals surface area contributed by atoms with Crippen LogP contribution in [0.3, 0.4) is 0 Å². The van der Waals surface area contributed by atoms with Crippen molar-refractivity contribution in [3.8, 4) is 0 Å². The monoisotopic (exact) mass is 253 g/mol. The van der Waals surface area contributed by atoms with E-state index < -0.39 is 0 Å². The Morgan fingerprint density at radius 1 is 1.43 bits per heavy atom. The van der Waals surface area contributed by atoms with E-state index in [9.17, 15) is 0 Å². The molecule has 0 fully saturated rings. The van der Waals surface area contributed by atoms with Crippen LogP contribution >= 0.6 is 15.9 Å². The summed E-state index contributed by atoms with van der Waals surface area (Å²) in [5, 5.41) is 3.36. The molecule has 0 saturated heterocycles. The fourth-order valence-corrected chi connectivity index (χ4v) is 1.57. The van der Waals surface area contributed by atoms with Crippen molar-refractivity contribution in [1.29, 1.82) is 0 Å². The first-order valence-electron chi connectivity index (χ1n) is 4.84. The molecule has 0 saturated carbocycles. The van der Waals surface area contributed by atoms with Crippen LogP contribution in [-0.2, 0) is 6.54 Å². The molecule has 1 aromatic carbocycles. The molecular formula is C12H16BrN. The summed E-state index contributed by atoms with van der Waals surface area (Å²) in [6.07, 6.45) is 1.04. The van der Waals surface area contributed by atoms with E-state index in [0.717, 1.165) is 24.0 Å². The normalized spacial score (nSPS) is 10.1. The van der Waals surface area contributed by atoms with Crippen LogP contribution in [0, 0.1) is 0 Å². The Morgan fingerprint density at radius 3 is 2.79 bits per heavy atom. The molecule has 0 spiro atoms. The van der Waals surface area contributed by atoms with Gasteiger partial charge in [0.15, 0.2) is 0 Å². The van der Waals surface area contributed by atoms with Crippen molar-refractivity contribution < 1.29 is 0 Å². The van der Waals surface area contributed by atoms with Gasteiger partial charge in [-0.1, -0.05) is 53.2 Å². The second-order valence-corrected chi connectivity index (χ2v) is 4.15. The smallest absolute Gasteiger partial charge is 0.0220 e. The van der Waals surface area contributed by atoms with Gasteiger partial charge < -0.3 is 5.32 Å². The third kappa shape index (κ3) is 3.64. The zero-order valence-electron chi connectivity index (χ0n) is 8.52. The van der Waals surface area contributed by atoms with Crippen molar-refractivity contribution in [2.45, 2.75) is 19.9 Å². The maximum absolute atomic E-state index is 3.95. The van der Waals surface area contributed by atoms with Crippen LogP contribution in [0.2, 0.25) is 0 Å². The van der Waals surface area contributed by atoms with Crippen molar-refractivity contribution in [3.05, 3.63) is 46.5 Å². The zero-order valence-corrected chi connectivity index (χ0v) is 10.1. The lowest BCUT2D eigenvalue weighted by atomic mass is 10.2. The topological polar surface area (TPSA) is 12.0 Å². The van der Waals surface area contributed by atoms with Gasteiger partial charge in [0.2, 0.25) is 0 Å². The van der Waals surface area contributed by atoms with Gasteiger partial charge in [0.25, 0.3) is 0 Å². The fraction of sp³-hybridized carbons (Fsp3) is 0.333. The predicted molar refractivity (Wildman–Crippen MR) is 65.3 cm³/mol. The molecule has 0 radical (unpaired) electrons. The number of hydrogen-bond acceptors (Lipinski definition) is 1. The molecule has 1 aromatic rings. The Hall–Kier alpha value is -0.600. The van der Waals surface area contributed by atoms with Crippen molar-refractivity contribution in [3.63, 3.8) is 0 Å². The molecule has 0 bridgehead atoms. The second-order valence-electron chi connectivity index (χ2n) is 3.30. The van der Waals surface area contributed by atoms with E-state index in [1.165, 1.54) is 11.1 Å². The lowest BCUT2D eigenvalue weighted by Crippen LogP contribution is -2.16. The molecular weight excluding hydrogens is 238 g/mol.